The molecule has 0 aromatic heterocycles. The van der Waals surface area contributed by atoms with E-state index in [0.29, 0.717) is 0 Å². The monoisotopic (exact) mass is 344 g/mol. The van der Waals surface area contributed by atoms with Crippen molar-refractivity contribution < 1.29 is 39.0 Å². The van der Waals surface area contributed by atoms with Gasteiger partial charge in [0.1, 0.15) is 0 Å². The fraction of sp³-hybridized carbons (Fsp3) is 0.500. The molecule has 1 aliphatic heterocycles. The van der Waals surface area contributed by atoms with Crippen LogP contribution in [0.4, 0.5) is 0 Å². The molecule has 2 amide bonds. The smallest absolute Gasteiger partial charge is 0.305 e. The molecule has 24 heavy (non-hydrogen) atoms. The van der Waals surface area contributed by atoms with Gasteiger partial charge in [0.25, 0.3) is 11.8 Å². The number of carbonyl (C=O) groups excluding carboxylic acids is 4. The molecule has 4 unspecified atom stereocenters. The summed E-state index contributed by atoms with van der Waals surface area (Å²) in [6.07, 6.45) is -1.49. The van der Waals surface area contributed by atoms with Crippen LogP contribution in [0.2, 0.25) is 0 Å². The fourth-order valence-electron chi connectivity index (χ4n) is 1.99. The maximum atomic E-state index is 11.9. The molecule has 8 N–H and O–H groups in total. The first-order valence-electron chi connectivity index (χ1n) is 6.67. The third-order valence-electron chi connectivity index (χ3n) is 3.19. The van der Waals surface area contributed by atoms with E-state index in [1.165, 1.54) is 0 Å². The molecule has 1 fully saturated rings. The Balaban J connectivity index is 2.80. The summed E-state index contributed by atoms with van der Waals surface area (Å²) < 4.78 is 0. The van der Waals surface area contributed by atoms with Gasteiger partial charge in [-0.3, -0.25) is 28.8 Å². The van der Waals surface area contributed by atoms with Gasteiger partial charge >= 0.3 is 11.9 Å². The third kappa shape index (κ3) is 4.57. The number of hydrogen-bond donors (Lipinski definition) is 6. The predicted molar refractivity (Wildman–Crippen MR) is 74.3 cm³/mol. The normalized spacial score (nSPS) is 22.8. The Morgan fingerprint density at radius 2 is 1.12 bits per heavy atom. The first-order chi connectivity index (χ1) is 11.0. The van der Waals surface area contributed by atoms with Crippen LogP contribution in [0, 0.1) is 0 Å². The lowest BCUT2D eigenvalue weighted by molar-refractivity contribution is -0.147. The van der Waals surface area contributed by atoms with Gasteiger partial charge in [0.2, 0.25) is 0 Å². The number of nitrogens with two attached hydrogens (primary N) is 2. The van der Waals surface area contributed by atoms with Crippen molar-refractivity contribution in [2.45, 2.75) is 37.0 Å². The fourth-order valence-corrected chi connectivity index (χ4v) is 1.99. The zero-order valence-electron chi connectivity index (χ0n) is 12.2. The quantitative estimate of drug-likeness (QED) is 0.232. The van der Waals surface area contributed by atoms with Crippen LogP contribution in [0.5, 0.6) is 0 Å². The van der Waals surface area contributed by atoms with Crippen LogP contribution in [0.1, 0.15) is 12.8 Å². The molecule has 12 heteroatoms. The molecule has 0 aromatic carbocycles. The van der Waals surface area contributed by atoms with Gasteiger partial charge in [0.15, 0.2) is 23.7 Å². The first kappa shape index (κ1) is 19.2. The molecule has 0 aromatic rings. The molecule has 1 heterocycles. The van der Waals surface area contributed by atoms with Crippen molar-refractivity contribution in [3.63, 3.8) is 0 Å². The van der Waals surface area contributed by atoms with Gasteiger partial charge in [-0.05, 0) is 0 Å². The van der Waals surface area contributed by atoms with Crippen LogP contribution < -0.4 is 22.1 Å². The second-order valence-electron chi connectivity index (χ2n) is 5.10. The molecule has 12 nitrogen and oxygen atoms in total. The predicted octanol–water partition coefficient (Wildman–Crippen LogP) is -4.29. The third-order valence-corrected chi connectivity index (χ3v) is 3.19. The molecule has 1 aliphatic rings. The summed E-state index contributed by atoms with van der Waals surface area (Å²) >= 11 is 0. The van der Waals surface area contributed by atoms with Gasteiger partial charge in [-0.2, -0.15) is 0 Å². The van der Waals surface area contributed by atoms with Crippen molar-refractivity contribution in [3.05, 3.63) is 0 Å². The second-order valence-corrected chi connectivity index (χ2v) is 5.10. The molecule has 132 valence electrons. The highest BCUT2D eigenvalue weighted by Crippen LogP contribution is 2.06. The Morgan fingerprint density at radius 3 is 1.38 bits per heavy atom. The van der Waals surface area contributed by atoms with Crippen molar-refractivity contribution in [1.29, 1.82) is 0 Å². The average molecular weight is 344 g/mol. The lowest BCUT2D eigenvalue weighted by Gasteiger charge is -2.30. The van der Waals surface area contributed by atoms with Crippen LogP contribution in [0.3, 0.4) is 0 Å². The van der Waals surface area contributed by atoms with E-state index >= 15 is 0 Å². The standard InChI is InChI=1S/C12H16N4O8/c13-3(1-5(17)18)9(21)7-11(23)16-8(12(24)15-7)10(22)4(14)2-6(19)20/h3-4,7-8H,1-2,13-14H2,(H,15,24)(H,16,23)(H,17,18)(H,19,20). The number of carboxylic acid groups (broad SMARTS) is 2. The summed E-state index contributed by atoms with van der Waals surface area (Å²) in [6.45, 7) is 0. The number of carbonyl (C=O) groups is 6. The molecule has 1 saturated heterocycles. The summed E-state index contributed by atoms with van der Waals surface area (Å²) in [4.78, 5) is 68.6. The first-order valence-corrected chi connectivity index (χ1v) is 6.67. The van der Waals surface area contributed by atoms with Crippen molar-refractivity contribution in [3.8, 4) is 0 Å². The number of aliphatic carboxylic acids is 2. The molecule has 0 spiro atoms. The van der Waals surface area contributed by atoms with E-state index in [4.69, 9.17) is 21.7 Å². The molecule has 0 aliphatic carbocycles. The van der Waals surface area contributed by atoms with Gasteiger partial charge in [-0.25, -0.2) is 0 Å². The number of piperazine rings is 1. The minimum Gasteiger partial charge on any atom is -0.481 e. The average Bonchev–Trinajstić information content (AvgIpc) is 2.46. The second kappa shape index (κ2) is 7.61. The van der Waals surface area contributed by atoms with Crippen molar-refractivity contribution >= 4 is 35.3 Å². The summed E-state index contributed by atoms with van der Waals surface area (Å²) in [5, 5.41) is 21.1. The maximum absolute atomic E-state index is 11.9. The van der Waals surface area contributed by atoms with E-state index in [2.05, 4.69) is 0 Å². The number of carboxylic acids is 2. The van der Waals surface area contributed by atoms with Crippen LogP contribution in [0.15, 0.2) is 0 Å². The number of rotatable bonds is 8. The zero-order valence-corrected chi connectivity index (χ0v) is 12.2. The number of hydrogen-bond acceptors (Lipinski definition) is 8. The lowest BCUT2D eigenvalue weighted by atomic mass is 9.96. The van der Waals surface area contributed by atoms with E-state index in [9.17, 15) is 28.8 Å². The van der Waals surface area contributed by atoms with Crippen LogP contribution >= 0.6 is 0 Å². The van der Waals surface area contributed by atoms with Crippen molar-refractivity contribution in [2.24, 2.45) is 11.5 Å². The number of nitrogens with one attached hydrogen (secondary N) is 2. The molecule has 1 rings (SSSR count). The minimum atomic E-state index is -1.74. The maximum Gasteiger partial charge on any atom is 0.305 e. The van der Waals surface area contributed by atoms with E-state index in [0.717, 1.165) is 0 Å². The summed E-state index contributed by atoms with van der Waals surface area (Å²) in [6, 6.07) is -6.54. The Morgan fingerprint density at radius 1 is 0.833 bits per heavy atom. The molecular weight excluding hydrogens is 328 g/mol. The van der Waals surface area contributed by atoms with Gasteiger partial charge in [-0.15, -0.1) is 0 Å². The molecule has 0 bridgehead atoms. The van der Waals surface area contributed by atoms with Crippen molar-refractivity contribution in [2.75, 3.05) is 0 Å². The highest BCUT2D eigenvalue weighted by atomic mass is 16.4. The minimum absolute atomic E-state index is 0.746. The van der Waals surface area contributed by atoms with E-state index in [-0.39, 0.29) is 0 Å². The van der Waals surface area contributed by atoms with Gasteiger partial charge in [-0.1, -0.05) is 0 Å². The largest absolute Gasteiger partial charge is 0.481 e. The Hall–Kier alpha value is -2.86. The molecule has 0 radical (unpaired) electrons. The summed E-state index contributed by atoms with van der Waals surface area (Å²) in [5.74, 6) is -6.95. The highest BCUT2D eigenvalue weighted by Gasteiger charge is 2.43. The molecule has 0 saturated carbocycles. The Kier molecular flexibility index (Phi) is 6.08. The summed E-state index contributed by atoms with van der Waals surface area (Å²) in [5.41, 5.74) is 10.7. The van der Waals surface area contributed by atoms with Gasteiger partial charge in [0, 0.05) is 0 Å². The van der Waals surface area contributed by atoms with E-state index < -0.39 is 72.3 Å². The molecular formula is C12H16N4O8. The van der Waals surface area contributed by atoms with E-state index in [1.54, 1.807) is 0 Å². The number of Topliss-reactive ketones (excluding diaryl/α,β-unsaturated/α-hetero) is 2. The molecule has 4 atom stereocenters. The van der Waals surface area contributed by atoms with Crippen LogP contribution in [-0.2, 0) is 28.8 Å². The number of ketones is 2. The van der Waals surface area contributed by atoms with Gasteiger partial charge < -0.3 is 32.3 Å². The van der Waals surface area contributed by atoms with Crippen molar-refractivity contribution in [1.82, 2.24) is 10.6 Å². The van der Waals surface area contributed by atoms with Crippen LogP contribution in [0.25, 0.3) is 0 Å². The SMILES string of the molecule is NC(CC(=O)O)C(=O)C1NC(=O)C(C(=O)C(N)CC(=O)O)NC1=O. The zero-order chi connectivity index (χ0) is 18.6. The topological polar surface area (TPSA) is 219 Å². The van der Waals surface area contributed by atoms with E-state index in [1.807, 2.05) is 10.6 Å². The Bertz CT molecular complexity index is 552. The highest BCUT2D eigenvalue weighted by molar-refractivity contribution is 6.19. The van der Waals surface area contributed by atoms with Crippen LogP contribution in [-0.4, -0.2) is 69.7 Å². The summed E-state index contributed by atoms with van der Waals surface area (Å²) in [7, 11) is 0. The number of amides is 2. The lowest BCUT2D eigenvalue weighted by Crippen LogP contribution is -2.69. The van der Waals surface area contributed by atoms with Gasteiger partial charge in [0.05, 0.1) is 24.9 Å². The Labute approximate surface area is 134 Å².